The van der Waals surface area contributed by atoms with Gasteiger partial charge in [-0.3, -0.25) is 4.79 Å². The number of nitrogens with one attached hydrogen (secondary N) is 2. The molecular weight excluding hydrogens is 310 g/mol. The Balaban J connectivity index is 2.40. The molecule has 0 spiro atoms. The molecule has 1 fully saturated rings. The van der Waals surface area contributed by atoms with Crippen LogP contribution in [0, 0.1) is 5.92 Å². The van der Waals surface area contributed by atoms with Crippen molar-refractivity contribution >= 4 is 26.2 Å². The number of rotatable bonds is 7. The van der Waals surface area contributed by atoms with Crippen LogP contribution in [0.25, 0.3) is 0 Å². The van der Waals surface area contributed by atoms with E-state index < -0.39 is 32.1 Å². The minimum absolute atomic E-state index is 0.0380. The van der Waals surface area contributed by atoms with Crippen molar-refractivity contribution in [3.8, 4) is 0 Å². The number of carboxylic acid groups (broad SMARTS) is 1. The van der Waals surface area contributed by atoms with E-state index in [4.69, 9.17) is 5.11 Å². The zero-order chi connectivity index (χ0) is 15.4. The van der Waals surface area contributed by atoms with Crippen LogP contribution in [-0.2, 0) is 25.0 Å². The number of nitrogens with zero attached hydrogens (tertiary/aromatic N) is 1. The molecule has 0 saturated carbocycles. The summed E-state index contributed by atoms with van der Waals surface area (Å²) in [6.45, 7) is 0.190. The number of carbonyl (C=O) groups is 1. The lowest BCUT2D eigenvalue weighted by atomic mass is 9.99. The molecular formula is C9H19N3O6S2. The van der Waals surface area contributed by atoms with Crippen LogP contribution in [0.1, 0.15) is 12.8 Å². The summed E-state index contributed by atoms with van der Waals surface area (Å²) in [5, 5.41) is 8.83. The largest absolute Gasteiger partial charge is 0.481 e. The van der Waals surface area contributed by atoms with Gasteiger partial charge in [0.05, 0.1) is 12.2 Å². The molecule has 20 heavy (non-hydrogen) atoms. The fourth-order valence-electron chi connectivity index (χ4n) is 1.85. The van der Waals surface area contributed by atoms with Gasteiger partial charge in [-0.25, -0.2) is 17.9 Å². The highest BCUT2D eigenvalue weighted by atomic mass is 32.2. The number of sulfonamides is 1. The lowest BCUT2D eigenvalue weighted by molar-refractivity contribution is -0.142. The second kappa shape index (κ2) is 6.80. The van der Waals surface area contributed by atoms with Gasteiger partial charge in [0.2, 0.25) is 10.0 Å². The van der Waals surface area contributed by atoms with Gasteiger partial charge in [-0.1, -0.05) is 0 Å². The molecule has 1 aliphatic rings. The van der Waals surface area contributed by atoms with E-state index >= 15 is 0 Å². The molecule has 0 aromatic heterocycles. The SMILES string of the molecule is CS(=O)(=O)NCCNS(=O)(=O)N1CCC(C(=O)O)CC1. The van der Waals surface area contributed by atoms with Crippen LogP contribution in [0.4, 0.5) is 0 Å². The van der Waals surface area contributed by atoms with Crippen molar-refractivity contribution in [1.29, 1.82) is 0 Å². The van der Waals surface area contributed by atoms with E-state index in [0.717, 1.165) is 6.26 Å². The monoisotopic (exact) mass is 329 g/mol. The van der Waals surface area contributed by atoms with Gasteiger partial charge in [0.1, 0.15) is 0 Å². The summed E-state index contributed by atoms with van der Waals surface area (Å²) in [5.41, 5.74) is 0. The molecule has 1 heterocycles. The topological polar surface area (TPSA) is 133 Å². The molecule has 0 aromatic rings. The van der Waals surface area contributed by atoms with E-state index in [1.165, 1.54) is 4.31 Å². The normalized spacial score (nSPS) is 19.1. The molecule has 0 aliphatic carbocycles. The third kappa shape index (κ3) is 5.71. The summed E-state index contributed by atoms with van der Waals surface area (Å²) in [6.07, 6.45) is 1.54. The first-order valence-electron chi connectivity index (χ1n) is 6.04. The van der Waals surface area contributed by atoms with Crippen molar-refractivity contribution in [2.75, 3.05) is 32.4 Å². The van der Waals surface area contributed by atoms with Crippen LogP contribution in [0.5, 0.6) is 0 Å². The number of hydrogen-bond acceptors (Lipinski definition) is 5. The molecule has 3 N–H and O–H groups in total. The van der Waals surface area contributed by atoms with E-state index in [1.54, 1.807) is 0 Å². The molecule has 1 rings (SSSR count). The quantitative estimate of drug-likeness (QED) is 0.470. The lowest BCUT2D eigenvalue weighted by Gasteiger charge is -2.29. The molecule has 118 valence electrons. The first kappa shape index (κ1) is 17.3. The highest BCUT2D eigenvalue weighted by Crippen LogP contribution is 2.18. The Morgan fingerprint density at radius 2 is 1.65 bits per heavy atom. The number of aliphatic carboxylic acids is 1. The van der Waals surface area contributed by atoms with Crippen molar-refractivity contribution in [3.05, 3.63) is 0 Å². The third-order valence-corrected chi connectivity index (χ3v) is 5.26. The minimum atomic E-state index is -3.69. The maximum Gasteiger partial charge on any atom is 0.306 e. The molecule has 11 heteroatoms. The van der Waals surface area contributed by atoms with E-state index in [9.17, 15) is 21.6 Å². The van der Waals surface area contributed by atoms with Crippen molar-refractivity contribution in [2.45, 2.75) is 12.8 Å². The van der Waals surface area contributed by atoms with Gasteiger partial charge >= 0.3 is 5.97 Å². The number of carboxylic acids is 1. The average molecular weight is 329 g/mol. The molecule has 0 amide bonds. The van der Waals surface area contributed by atoms with Crippen LogP contribution >= 0.6 is 0 Å². The first-order chi connectivity index (χ1) is 9.12. The Hall–Kier alpha value is -0.750. The minimum Gasteiger partial charge on any atom is -0.481 e. The third-order valence-electron chi connectivity index (χ3n) is 2.92. The fourth-order valence-corrected chi connectivity index (χ4v) is 3.56. The Labute approximate surface area is 118 Å². The van der Waals surface area contributed by atoms with E-state index in [2.05, 4.69) is 9.44 Å². The second-order valence-electron chi connectivity index (χ2n) is 4.58. The average Bonchev–Trinajstić information content (AvgIpc) is 2.34. The van der Waals surface area contributed by atoms with Crippen LogP contribution in [0.3, 0.4) is 0 Å². The van der Waals surface area contributed by atoms with Gasteiger partial charge in [0, 0.05) is 26.2 Å². The molecule has 9 nitrogen and oxygen atoms in total. The second-order valence-corrected chi connectivity index (χ2v) is 8.17. The summed E-state index contributed by atoms with van der Waals surface area (Å²) in [5.74, 6) is -1.42. The standard InChI is InChI=1S/C9H19N3O6S2/c1-19(15,16)10-4-5-11-20(17,18)12-6-2-8(3-7-12)9(13)14/h8,10-11H,2-7H2,1H3,(H,13,14). The smallest absolute Gasteiger partial charge is 0.306 e. The Bertz CT molecular complexity index is 536. The van der Waals surface area contributed by atoms with Gasteiger partial charge in [0.15, 0.2) is 0 Å². The van der Waals surface area contributed by atoms with Crippen LogP contribution in [0.2, 0.25) is 0 Å². The summed E-state index contributed by atoms with van der Waals surface area (Å²) < 4.78 is 51.0. The Morgan fingerprint density at radius 3 is 2.10 bits per heavy atom. The molecule has 0 radical (unpaired) electrons. The highest BCUT2D eigenvalue weighted by molar-refractivity contribution is 7.88. The van der Waals surface area contributed by atoms with Crippen molar-refractivity contribution in [3.63, 3.8) is 0 Å². The van der Waals surface area contributed by atoms with E-state index in [0.29, 0.717) is 0 Å². The molecule has 0 unspecified atom stereocenters. The number of hydrogen-bond donors (Lipinski definition) is 3. The molecule has 1 aliphatic heterocycles. The fraction of sp³-hybridized carbons (Fsp3) is 0.889. The number of piperidine rings is 1. The maximum atomic E-state index is 11.9. The Kier molecular flexibility index (Phi) is 5.89. The van der Waals surface area contributed by atoms with Gasteiger partial charge < -0.3 is 5.11 Å². The van der Waals surface area contributed by atoms with Gasteiger partial charge in [-0.15, -0.1) is 0 Å². The zero-order valence-corrected chi connectivity index (χ0v) is 12.7. The van der Waals surface area contributed by atoms with Gasteiger partial charge in [-0.05, 0) is 12.8 Å². The van der Waals surface area contributed by atoms with Crippen molar-refractivity contribution < 1.29 is 26.7 Å². The molecule has 0 bridgehead atoms. The van der Waals surface area contributed by atoms with E-state index in [1.807, 2.05) is 0 Å². The summed E-state index contributed by atoms with van der Waals surface area (Å²) in [7, 11) is -7.04. The highest BCUT2D eigenvalue weighted by Gasteiger charge is 2.30. The summed E-state index contributed by atoms with van der Waals surface area (Å²) in [6, 6.07) is 0. The van der Waals surface area contributed by atoms with Gasteiger partial charge in [0.25, 0.3) is 10.2 Å². The summed E-state index contributed by atoms with van der Waals surface area (Å²) >= 11 is 0. The van der Waals surface area contributed by atoms with Crippen LogP contribution in [0.15, 0.2) is 0 Å². The molecule has 0 aromatic carbocycles. The zero-order valence-electron chi connectivity index (χ0n) is 11.1. The van der Waals surface area contributed by atoms with Gasteiger partial charge in [-0.2, -0.15) is 12.7 Å². The summed E-state index contributed by atoms with van der Waals surface area (Å²) in [4.78, 5) is 10.8. The predicted molar refractivity (Wildman–Crippen MR) is 71.7 cm³/mol. The van der Waals surface area contributed by atoms with Crippen LogP contribution in [-0.4, -0.2) is 64.7 Å². The van der Waals surface area contributed by atoms with E-state index in [-0.39, 0.29) is 39.0 Å². The lowest BCUT2D eigenvalue weighted by Crippen LogP contribution is -2.47. The Morgan fingerprint density at radius 1 is 1.15 bits per heavy atom. The molecule has 0 atom stereocenters. The van der Waals surface area contributed by atoms with Crippen molar-refractivity contribution in [2.24, 2.45) is 5.92 Å². The first-order valence-corrected chi connectivity index (χ1v) is 9.37. The predicted octanol–water partition coefficient (Wildman–Crippen LogP) is -1.83. The molecule has 1 saturated heterocycles. The van der Waals surface area contributed by atoms with Crippen LogP contribution < -0.4 is 9.44 Å². The van der Waals surface area contributed by atoms with Crippen molar-refractivity contribution in [1.82, 2.24) is 13.7 Å². The maximum absolute atomic E-state index is 11.9.